The number of rotatable bonds is 43. The Kier molecular flexibility index (Phi) is 34.8. The van der Waals surface area contributed by atoms with Crippen LogP contribution in [0.15, 0.2) is 152 Å². The Morgan fingerprint density at radius 2 is 1.03 bits per heavy atom. The smallest absolute Gasteiger partial charge is 0.322 e. The molecule has 7 aromatic rings. The molecule has 36 heteroatoms. The van der Waals surface area contributed by atoms with Crippen molar-refractivity contribution in [2.75, 3.05) is 36.9 Å². The average molecular weight is 1710 g/mol. The fourth-order valence-electron chi connectivity index (χ4n) is 14.2. The fraction of sp³-hybridized carbons (Fsp3) is 0.402. The Hall–Kier alpha value is -13.0. The number of aliphatic hydroxyl groups excluding tert-OH is 1. The van der Waals surface area contributed by atoms with E-state index in [2.05, 4.69) is 79.8 Å². The van der Waals surface area contributed by atoms with Crippen molar-refractivity contribution >= 4 is 134 Å². The van der Waals surface area contributed by atoms with Crippen molar-refractivity contribution in [3.8, 4) is 0 Å². The lowest BCUT2D eigenvalue weighted by atomic mass is 9.99. The number of amides is 17. The molecule has 35 nitrogen and oxygen atoms in total. The number of fused-ring (bicyclic) bond motifs is 2. The third-order valence-electron chi connectivity index (χ3n) is 20.6. The number of benzene rings is 6. The number of carbonyl (C=O) groups is 15. The topological polar surface area (TPSA) is 525 Å². The van der Waals surface area contributed by atoms with Crippen molar-refractivity contribution < 1.29 is 77.0 Å². The molecule has 3 heterocycles. The number of primary amides is 2. The third-order valence-corrected chi connectivity index (χ3v) is 20.8. The van der Waals surface area contributed by atoms with Crippen LogP contribution >= 0.6 is 11.6 Å². The van der Waals surface area contributed by atoms with E-state index in [0.29, 0.717) is 58.7 Å². The molecule has 0 aliphatic carbocycles. The van der Waals surface area contributed by atoms with Gasteiger partial charge < -0.3 is 95.9 Å². The molecular weight excluding hydrogens is 1600 g/mol. The van der Waals surface area contributed by atoms with Crippen LogP contribution in [0.5, 0.6) is 0 Å². The predicted molar refractivity (Wildman–Crippen MR) is 460 cm³/mol. The first-order valence-electron chi connectivity index (χ1n) is 40.8. The number of hydrogen-bond acceptors (Lipinski definition) is 19. The molecule has 17 amide bonds. The minimum Gasteiger partial charge on any atom is -0.394 e. The van der Waals surface area contributed by atoms with E-state index in [4.69, 9.17) is 28.1 Å². The van der Waals surface area contributed by atoms with Gasteiger partial charge in [-0.25, -0.2) is 9.59 Å². The number of aromatic nitrogens is 1. The van der Waals surface area contributed by atoms with Crippen molar-refractivity contribution in [1.29, 1.82) is 0 Å². The molecule has 0 bridgehead atoms. The van der Waals surface area contributed by atoms with E-state index < -0.39 is 175 Å². The van der Waals surface area contributed by atoms with Crippen LogP contribution in [0, 0.1) is 5.92 Å². The number of nitrogens with zero attached hydrogens (tertiary/aromatic N) is 2. The number of pyridine rings is 1. The van der Waals surface area contributed by atoms with Gasteiger partial charge in [-0.3, -0.25) is 72.6 Å². The van der Waals surface area contributed by atoms with E-state index >= 15 is 28.8 Å². The summed E-state index contributed by atoms with van der Waals surface area (Å²) < 4.78 is 0. The van der Waals surface area contributed by atoms with Crippen molar-refractivity contribution in [1.82, 2.24) is 79.0 Å². The molecule has 0 unspecified atom stereocenters. The van der Waals surface area contributed by atoms with E-state index in [0.717, 1.165) is 16.2 Å². The summed E-state index contributed by atoms with van der Waals surface area (Å²) in [7, 11) is 0. The number of para-hydroxylation sites is 1. The average Bonchev–Trinajstić information content (AvgIpc) is 1.47. The maximum absolute atomic E-state index is 15.6. The quantitative estimate of drug-likeness (QED) is 0.0244. The van der Waals surface area contributed by atoms with Gasteiger partial charge in [0.2, 0.25) is 76.8 Å². The van der Waals surface area contributed by atoms with E-state index in [9.17, 15) is 48.3 Å². The van der Waals surface area contributed by atoms with Gasteiger partial charge in [-0.05, 0) is 139 Å². The van der Waals surface area contributed by atoms with Crippen molar-refractivity contribution in [2.24, 2.45) is 17.4 Å². The molecule has 2 fully saturated rings. The lowest BCUT2D eigenvalue weighted by Gasteiger charge is -2.31. The second-order valence-electron chi connectivity index (χ2n) is 31.3. The number of anilines is 2. The monoisotopic (exact) mass is 1710 g/mol. The summed E-state index contributed by atoms with van der Waals surface area (Å²) in [4.78, 5) is 215. The summed E-state index contributed by atoms with van der Waals surface area (Å²) in [5.41, 5.74) is 14.3. The van der Waals surface area contributed by atoms with Gasteiger partial charge in [0, 0.05) is 80.1 Å². The minimum atomic E-state index is -1.94. The molecule has 9 rings (SSSR count). The van der Waals surface area contributed by atoms with E-state index in [1.54, 1.807) is 44.2 Å². The van der Waals surface area contributed by atoms with E-state index in [1.165, 1.54) is 67.3 Å². The predicted octanol–water partition coefficient (Wildman–Crippen LogP) is 2.21. The normalized spacial score (nSPS) is 16.0. The molecule has 123 heavy (non-hydrogen) atoms. The summed E-state index contributed by atoms with van der Waals surface area (Å²) in [6.07, 6.45) is 0.383. The maximum Gasteiger partial charge on any atom is 0.322 e. The molecule has 2 aliphatic heterocycles. The number of hydrogen-bond donors (Lipinski definition) is 18. The Morgan fingerprint density at radius 1 is 0.537 bits per heavy atom. The Morgan fingerprint density at radius 3 is 1.60 bits per heavy atom. The lowest BCUT2D eigenvalue weighted by molar-refractivity contribution is -0.142. The zero-order chi connectivity index (χ0) is 89.0. The highest BCUT2D eigenvalue weighted by Gasteiger charge is 2.41. The van der Waals surface area contributed by atoms with Gasteiger partial charge in [-0.2, -0.15) is 0 Å². The first kappa shape index (κ1) is 93.9. The van der Waals surface area contributed by atoms with Crippen LogP contribution in [-0.2, 0) is 94.6 Å². The summed E-state index contributed by atoms with van der Waals surface area (Å²) in [5.74, 6) is -11.1. The summed E-state index contributed by atoms with van der Waals surface area (Å²) >= 11 is 6.31. The van der Waals surface area contributed by atoms with Gasteiger partial charge in [0.25, 0.3) is 0 Å². The fourth-order valence-corrected chi connectivity index (χ4v) is 14.3. The van der Waals surface area contributed by atoms with Gasteiger partial charge in [0.1, 0.15) is 66.5 Å². The van der Waals surface area contributed by atoms with Gasteiger partial charge in [-0.1, -0.05) is 142 Å². The standard InChI is InChI=1S/C87H108ClN19O16/c1-48(2)38-65(77(113)98-64(18-11-12-36-92-49(3)4)85(121)107-37-13-19-73(107)84(120)93-50(5)75(89)111)99-79(115)67(41-54-25-33-61(34-26-54)97-86(90)122)101-80(116)68(42-53-23-31-60(32-24-53)96-76(112)70-44-74(110)106-87(123)105-70)102-83(119)72(47-108)104-82(118)71(46-91-45-62-35-28-57-15-9-10-17-63(57)95-62)103-81(117)69(40-52-21-29-59(88)30-22-52)100-78(114)66(94-51(6)109)43-55-20-27-56-14-7-8-16-58(56)39-55/h7-10,14-17,20-35,39,48-50,64-73,91-92,108H,11-13,18-19,36-38,40-47H2,1-6H3,(H2,89,111)(H,93,120)(H,94,109)(H,96,112)(H,98,113)(H,99,115)(H,100,114)(H,101,116)(H,102,119)(H,103,117)(H,104,118)(H3,90,97,122)(H2,105,106,110,123)/t50-,64+,65+,66-,67-,68+,69-,70+,71-,72+,73+/m1/s1. The van der Waals surface area contributed by atoms with Crippen LogP contribution in [0.1, 0.15) is 114 Å². The van der Waals surface area contributed by atoms with E-state index in [1.807, 2.05) is 86.6 Å². The second-order valence-corrected chi connectivity index (χ2v) is 31.8. The molecule has 0 radical (unpaired) electrons. The number of urea groups is 2. The van der Waals surface area contributed by atoms with Gasteiger partial charge >= 0.3 is 12.1 Å². The number of halogens is 1. The number of nitrogens with two attached hydrogens (primary N) is 2. The SMILES string of the molecule is CC(=O)N[C@H](Cc1ccc2ccccc2c1)C(=O)N[C@H](Cc1ccc(Cl)cc1)C(=O)N[C@H](CNCc1ccc2ccccc2n1)C(=O)N[C@@H](CO)C(=O)N[C@@H](Cc1ccc(NC(=O)[C@@H]2CC(=O)NC(=O)N2)cc1)C(=O)N[C@H](Cc1ccc(NC(N)=O)cc1)C(=O)N[C@@H](CC(C)C)C(=O)N[C@@H](CCCCNC(C)C)C(=O)N1CCC[C@H]1C(=O)N[C@H](C)C(N)=O. The van der Waals surface area contributed by atoms with Crippen LogP contribution in [0.4, 0.5) is 21.0 Å². The van der Waals surface area contributed by atoms with Crippen molar-refractivity contribution in [3.05, 3.63) is 185 Å². The second kappa shape index (κ2) is 45.6. The summed E-state index contributed by atoms with van der Waals surface area (Å²) in [5, 5.41) is 54.6. The zero-order valence-corrected chi connectivity index (χ0v) is 70.0. The first-order valence-corrected chi connectivity index (χ1v) is 41.2. The van der Waals surface area contributed by atoms with E-state index in [-0.39, 0.29) is 86.9 Å². The Bertz CT molecular complexity index is 4950. The molecule has 2 aliphatic rings. The van der Waals surface area contributed by atoms with Crippen LogP contribution in [0.3, 0.4) is 0 Å². The van der Waals surface area contributed by atoms with Crippen molar-refractivity contribution in [2.45, 2.75) is 191 Å². The highest BCUT2D eigenvalue weighted by molar-refractivity contribution is 6.30. The largest absolute Gasteiger partial charge is 0.394 e. The van der Waals surface area contributed by atoms with Gasteiger partial charge in [-0.15, -0.1) is 0 Å². The van der Waals surface area contributed by atoms with Gasteiger partial charge in [0.05, 0.1) is 24.2 Å². The molecule has 20 N–H and O–H groups in total. The third kappa shape index (κ3) is 29.1. The molecule has 11 atom stereocenters. The van der Waals surface area contributed by atoms with Crippen LogP contribution in [0.2, 0.25) is 5.02 Å². The Labute approximate surface area is 716 Å². The molecule has 654 valence electrons. The zero-order valence-electron chi connectivity index (χ0n) is 69.3. The van der Waals surface area contributed by atoms with Crippen LogP contribution < -0.4 is 91.2 Å². The molecule has 0 saturated carbocycles. The number of nitrogens with one attached hydrogen (secondary N) is 15. The Balaban J connectivity index is 1.02. The summed E-state index contributed by atoms with van der Waals surface area (Å²) in [6, 6.07) is 25.0. The molecule has 1 aromatic heterocycles. The van der Waals surface area contributed by atoms with Crippen LogP contribution in [0.25, 0.3) is 21.7 Å². The van der Waals surface area contributed by atoms with Crippen molar-refractivity contribution in [3.63, 3.8) is 0 Å². The number of unbranched alkanes of at least 4 members (excludes halogenated alkanes) is 1. The number of aliphatic hydroxyl groups is 1. The molecule has 6 aromatic carbocycles. The lowest BCUT2D eigenvalue weighted by Crippen LogP contribution is -2.62. The molecular formula is C87H108ClN19O16. The first-order chi connectivity index (χ1) is 58.7. The highest BCUT2D eigenvalue weighted by atomic mass is 35.5. The number of likely N-dealkylation sites (tertiary alicyclic amines) is 1. The summed E-state index contributed by atoms with van der Waals surface area (Å²) in [6.45, 7) is 9.35. The maximum atomic E-state index is 15.6. The number of imide groups is 1. The van der Waals surface area contributed by atoms with Crippen LogP contribution in [-0.4, -0.2) is 203 Å². The number of carbonyl (C=O) groups excluding carboxylic acids is 15. The minimum absolute atomic E-state index is 0.00411. The van der Waals surface area contributed by atoms with Gasteiger partial charge in [0.15, 0.2) is 0 Å². The highest BCUT2D eigenvalue weighted by Crippen LogP contribution is 2.24. The molecule has 0 spiro atoms. The molecule has 2 saturated heterocycles.